The molecule has 0 aliphatic rings. The third-order valence-corrected chi connectivity index (χ3v) is 4.25. The van der Waals surface area contributed by atoms with E-state index in [-0.39, 0.29) is 5.91 Å². The SMILES string of the molecule is COc1cccc(NC(=O)C(NCc2ccc(OC)nc2)c2ccccc2)c1. The fourth-order valence-corrected chi connectivity index (χ4v) is 2.78. The first kappa shape index (κ1) is 19.4. The third-order valence-electron chi connectivity index (χ3n) is 4.25. The first-order valence-corrected chi connectivity index (χ1v) is 8.92. The molecule has 1 heterocycles. The largest absolute Gasteiger partial charge is 0.497 e. The van der Waals surface area contributed by atoms with E-state index in [1.54, 1.807) is 32.5 Å². The summed E-state index contributed by atoms with van der Waals surface area (Å²) >= 11 is 0. The van der Waals surface area contributed by atoms with Crippen LogP contribution in [-0.4, -0.2) is 25.1 Å². The van der Waals surface area contributed by atoms with Gasteiger partial charge in [-0.2, -0.15) is 0 Å². The van der Waals surface area contributed by atoms with Crippen LogP contribution in [0.25, 0.3) is 0 Å². The van der Waals surface area contributed by atoms with Gasteiger partial charge in [0.2, 0.25) is 11.8 Å². The van der Waals surface area contributed by atoms with E-state index in [1.165, 1.54) is 0 Å². The van der Waals surface area contributed by atoms with Crippen LogP contribution in [0.4, 0.5) is 5.69 Å². The zero-order valence-electron chi connectivity index (χ0n) is 15.9. The highest BCUT2D eigenvalue weighted by atomic mass is 16.5. The van der Waals surface area contributed by atoms with Crippen molar-refractivity contribution in [1.29, 1.82) is 0 Å². The summed E-state index contributed by atoms with van der Waals surface area (Å²) in [7, 11) is 3.17. The Kier molecular flexibility index (Phi) is 6.59. The number of methoxy groups -OCH3 is 2. The van der Waals surface area contributed by atoms with E-state index in [4.69, 9.17) is 9.47 Å². The Morgan fingerprint density at radius 2 is 1.82 bits per heavy atom. The van der Waals surface area contributed by atoms with Crippen molar-refractivity contribution in [3.05, 3.63) is 84.1 Å². The fraction of sp³-hybridized carbons (Fsp3) is 0.182. The molecule has 144 valence electrons. The molecule has 0 radical (unpaired) electrons. The summed E-state index contributed by atoms with van der Waals surface area (Å²) in [5.41, 5.74) is 2.51. The Labute approximate surface area is 164 Å². The van der Waals surface area contributed by atoms with Gasteiger partial charge in [0.15, 0.2) is 0 Å². The zero-order valence-corrected chi connectivity index (χ0v) is 15.9. The van der Waals surface area contributed by atoms with Crippen LogP contribution in [0.2, 0.25) is 0 Å². The number of pyridine rings is 1. The van der Waals surface area contributed by atoms with Crippen LogP contribution in [-0.2, 0) is 11.3 Å². The van der Waals surface area contributed by atoms with E-state index in [1.807, 2.05) is 54.6 Å². The number of carbonyl (C=O) groups excluding carboxylic acids is 1. The van der Waals surface area contributed by atoms with Crippen LogP contribution in [0, 0.1) is 0 Å². The lowest BCUT2D eigenvalue weighted by atomic mass is 10.1. The molecule has 6 heteroatoms. The van der Waals surface area contributed by atoms with Gasteiger partial charge in [0.25, 0.3) is 0 Å². The molecule has 3 rings (SSSR count). The van der Waals surface area contributed by atoms with Gasteiger partial charge in [-0.3, -0.25) is 10.1 Å². The minimum absolute atomic E-state index is 0.152. The van der Waals surface area contributed by atoms with Crippen LogP contribution in [0.1, 0.15) is 17.2 Å². The number of ether oxygens (including phenoxy) is 2. The van der Waals surface area contributed by atoms with Crippen LogP contribution in [0.5, 0.6) is 11.6 Å². The number of aromatic nitrogens is 1. The number of nitrogens with one attached hydrogen (secondary N) is 2. The van der Waals surface area contributed by atoms with Crippen LogP contribution >= 0.6 is 0 Å². The Bertz CT molecular complexity index is 898. The molecule has 28 heavy (non-hydrogen) atoms. The van der Waals surface area contributed by atoms with Gasteiger partial charge in [-0.05, 0) is 23.3 Å². The van der Waals surface area contributed by atoms with E-state index in [2.05, 4.69) is 15.6 Å². The van der Waals surface area contributed by atoms with E-state index in [0.717, 1.165) is 11.1 Å². The van der Waals surface area contributed by atoms with Gasteiger partial charge in [0, 0.05) is 30.6 Å². The van der Waals surface area contributed by atoms with Crippen molar-refractivity contribution in [1.82, 2.24) is 10.3 Å². The average Bonchev–Trinajstić information content (AvgIpc) is 2.75. The summed E-state index contributed by atoms with van der Waals surface area (Å²) in [4.78, 5) is 17.2. The first-order chi connectivity index (χ1) is 13.7. The van der Waals surface area contributed by atoms with Crippen molar-refractivity contribution in [3.8, 4) is 11.6 Å². The Morgan fingerprint density at radius 3 is 2.50 bits per heavy atom. The lowest BCUT2D eigenvalue weighted by Crippen LogP contribution is -2.32. The lowest BCUT2D eigenvalue weighted by molar-refractivity contribution is -0.118. The second-order valence-electron chi connectivity index (χ2n) is 6.15. The molecule has 6 nitrogen and oxygen atoms in total. The number of rotatable bonds is 8. The molecule has 2 N–H and O–H groups in total. The second-order valence-corrected chi connectivity index (χ2v) is 6.15. The monoisotopic (exact) mass is 377 g/mol. The molecule has 1 unspecified atom stereocenters. The molecule has 2 aromatic carbocycles. The molecule has 0 spiro atoms. The van der Waals surface area contributed by atoms with Crippen LogP contribution in [0.3, 0.4) is 0 Å². The van der Waals surface area contributed by atoms with E-state index in [9.17, 15) is 4.79 Å². The van der Waals surface area contributed by atoms with Gasteiger partial charge >= 0.3 is 0 Å². The molecule has 1 aromatic heterocycles. The first-order valence-electron chi connectivity index (χ1n) is 8.92. The molecule has 0 aliphatic carbocycles. The summed E-state index contributed by atoms with van der Waals surface area (Å²) in [6.07, 6.45) is 1.73. The van der Waals surface area contributed by atoms with Gasteiger partial charge in [0.1, 0.15) is 11.8 Å². The predicted octanol–water partition coefficient (Wildman–Crippen LogP) is 3.57. The predicted molar refractivity (Wildman–Crippen MR) is 108 cm³/mol. The number of hydrogen-bond acceptors (Lipinski definition) is 5. The van der Waals surface area contributed by atoms with Gasteiger partial charge < -0.3 is 14.8 Å². The molecule has 1 atom stereocenters. The Hall–Kier alpha value is -3.38. The van der Waals surface area contributed by atoms with Crippen LogP contribution < -0.4 is 20.1 Å². The third kappa shape index (κ3) is 5.08. The molecular weight excluding hydrogens is 354 g/mol. The Morgan fingerprint density at radius 1 is 1.00 bits per heavy atom. The second kappa shape index (κ2) is 9.53. The van der Waals surface area contributed by atoms with Gasteiger partial charge in [0.05, 0.1) is 14.2 Å². The summed E-state index contributed by atoms with van der Waals surface area (Å²) < 4.78 is 10.3. The van der Waals surface area contributed by atoms with E-state index in [0.29, 0.717) is 23.9 Å². The van der Waals surface area contributed by atoms with Crippen molar-refractivity contribution in [2.75, 3.05) is 19.5 Å². The van der Waals surface area contributed by atoms with E-state index < -0.39 is 6.04 Å². The average molecular weight is 377 g/mol. The highest BCUT2D eigenvalue weighted by Crippen LogP contribution is 2.20. The maximum absolute atomic E-state index is 13.0. The van der Waals surface area contributed by atoms with Crippen molar-refractivity contribution in [3.63, 3.8) is 0 Å². The molecule has 0 saturated carbocycles. The normalized spacial score (nSPS) is 11.5. The molecular formula is C22H23N3O3. The minimum atomic E-state index is -0.519. The van der Waals surface area contributed by atoms with E-state index >= 15 is 0 Å². The highest BCUT2D eigenvalue weighted by Gasteiger charge is 2.20. The van der Waals surface area contributed by atoms with Crippen molar-refractivity contribution < 1.29 is 14.3 Å². The van der Waals surface area contributed by atoms with Gasteiger partial charge in [-0.25, -0.2) is 4.98 Å². The quantitative estimate of drug-likeness (QED) is 0.628. The molecule has 0 aliphatic heterocycles. The fourth-order valence-electron chi connectivity index (χ4n) is 2.78. The van der Waals surface area contributed by atoms with Crippen molar-refractivity contribution >= 4 is 11.6 Å². The molecule has 3 aromatic rings. The highest BCUT2D eigenvalue weighted by molar-refractivity contribution is 5.95. The van der Waals surface area contributed by atoms with Crippen molar-refractivity contribution in [2.24, 2.45) is 0 Å². The number of carbonyl (C=O) groups is 1. The lowest BCUT2D eigenvalue weighted by Gasteiger charge is -2.19. The topological polar surface area (TPSA) is 72.5 Å². The molecule has 0 fully saturated rings. The zero-order chi connectivity index (χ0) is 19.8. The molecule has 1 amide bonds. The van der Waals surface area contributed by atoms with Crippen molar-refractivity contribution in [2.45, 2.75) is 12.6 Å². The van der Waals surface area contributed by atoms with Gasteiger partial charge in [-0.1, -0.05) is 42.5 Å². The number of amides is 1. The number of nitrogens with zero attached hydrogens (tertiary/aromatic N) is 1. The summed E-state index contributed by atoms with van der Waals surface area (Å²) in [5.74, 6) is 1.09. The summed E-state index contributed by atoms with van der Waals surface area (Å²) in [6, 6.07) is 20.1. The standard InChI is InChI=1S/C22H23N3O3/c1-27-19-10-6-9-18(13-19)25-22(26)21(17-7-4-3-5-8-17)24-15-16-11-12-20(28-2)23-14-16/h3-14,21,24H,15H2,1-2H3,(H,25,26). The molecule has 0 saturated heterocycles. The maximum Gasteiger partial charge on any atom is 0.246 e. The Balaban J connectivity index is 1.75. The van der Waals surface area contributed by atoms with Gasteiger partial charge in [-0.15, -0.1) is 0 Å². The number of hydrogen-bond donors (Lipinski definition) is 2. The van der Waals surface area contributed by atoms with Crippen LogP contribution in [0.15, 0.2) is 72.9 Å². The molecule has 0 bridgehead atoms. The smallest absolute Gasteiger partial charge is 0.246 e. The summed E-state index contributed by atoms with van der Waals surface area (Å²) in [6.45, 7) is 0.488. The number of anilines is 1. The minimum Gasteiger partial charge on any atom is -0.497 e. The summed E-state index contributed by atoms with van der Waals surface area (Å²) in [5, 5.41) is 6.27. The maximum atomic E-state index is 13.0. The number of benzene rings is 2.